The second-order valence-corrected chi connectivity index (χ2v) is 9.99. The lowest BCUT2D eigenvalue weighted by atomic mass is 10.1. The number of anilines is 2. The van der Waals surface area contributed by atoms with E-state index in [0.29, 0.717) is 44.0 Å². The first-order valence-electron chi connectivity index (χ1n) is 11.3. The molecule has 8 heteroatoms. The molecule has 1 saturated heterocycles. The highest BCUT2D eigenvalue weighted by Gasteiger charge is 2.31. The van der Waals surface area contributed by atoms with Crippen LogP contribution < -0.4 is 9.21 Å². The highest BCUT2D eigenvalue weighted by Crippen LogP contribution is 2.28. The summed E-state index contributed by atoms with van der Waals surface area (Å²) in [5.41, 5.74) is 1.87. The number of para-hydroxylation sites is 2. The minimum absolute atomic E-state index is 0.137. The zero-order valence-corrected chi connectivity index (χ0v) is 19.9. The van der Waals surface area contributed by atoms with E-state index in [-0.39, 0.29) is 23.2 Å². The van der Waals surface area contributed by atoms with E-state index in [2.05, 4.69) is 0 Å². The quantitative estimate of drug-likeness (QED) is 0.513. The van der Waals surface area contributed by atoms with Crippen LogP contribution in [0.4, 0.5) is 15.8 Å². The number of hydrogen-bond acceptors (Lipinski definition) is 4. The highest BCUT2D eigenvalue weighted by molar-refractivity contribution is 7.92. The molecule has 0 atom stereocenters. The number of carbonyl (C=O) groups is 1. The third kappa shape index (κ3) is 4.92. The summed E-state index contributed by atoms with van der Waals surface area (Å²) >= 11 is 0. The molecule has 4 rings (SSSR count). The molecule has 0 N–H and O–H groups in total. The summed E-state index contributed by atoms with van der Waals surface area (Å²) < 4.78 is 42.6. The molecule has 0 radical (unpaired) electrons. The Morgan fingerprint density at radius 1 is 0.882 bits per heavy atom. The Morgan fingerprint density at radius 3 is 2.18 bits per heavy atom. The molecule has 0 spiro atoms. The topological polar surface area (TPSA) is 60.9 Å². The van der Waals surface area contributed by atoms with Crippen molar-refractivity contribution in [2.24, 2.45) is 0 Å². The van der Waals surface area contributed by atoms with Gasteiger partial charge in [-0.25, -0.2) is 12.8 Å². The van der Waals surface area contributed by atoms with Gasteiger partial charge in [-0.2, -0.15) is 0 Å². The van der Waals surface area contributed by atoms with Crippen LogP contribution in [0.5, 0.6) is 0 Å². The van der Waals surface area contributed by atoms with Crippen LogP contribution >= 0.6 is 0 Å². The molecule has 1 heterocycles. The molecular formula is C26H28FN3O3S. The van der Waals surface area contributed by atoms with Gasteiger partial charge in [-0.3, -0.25) is 9.10 Å². The normalized spacial score (nSPS) is 14.2. The van der Waals surface area contributed by atoms with Crippen LogP contribution in [0.15, 0.2) is 83.8 Å². The van der Waals surface area contributed by atoms with Crippen LogP contribution in [0.25, 0.3) is 0 Å². The van der Waals surface area contributed by atoms with Crippen LogP contribution in [0.1, 0.15) is 12.5 Å². The van der Waals surface area contributed by atoms with E-state index in [4.69, 9.17) is 0 Å². The SMILES string of the molecule is CCc1ccccc1N(CC(=O)N1CCN(c2ccccc2F)CC1)S(=O)(=O)c1ccccc1. The maximum atomic E-state index is 14.2. The first-order valence-corrected chi connectivity index (χ1v) is 12.8. The van der Waals surface area contributed by atoms with Crippen LogP contribution in [0, 0.1) is 5.82 Å². The average Bonchev–Trinajstić information content (AvgIpc) is 2.88. The Bertz CT molecular complexity index is 1240. The maximum absolute atomic E-state index is 14.2. The van der Waals surface area contributed by atoms with Gasteiger partial charge in [0.2, 0.25) is 5.91 Å². The van der Waals surface area contributed by atoms with Crippen molar-refractivity contribution in [3.8, 4) is 0 Å². The van der Waals surface area contributed by atoms with Crippen LogP contribution in [0.3, 0.4) is 0 Å². The summed E-state index contributed by atoms with van der Waals surface area (Å²) in [5.74, 6) is -0.572. The number of piperazine rings is 1. The molecule has 0 aliphatic carbocycles. The van der Waals surface area contributed by atoms with E-state index in [9.17, 15) is 17.6 Å². The predicted molar refractivity (Wildman–Crippen MR) is 132 cm³/mol. The van der Waals surface area contributed by atoms with Gasteiger partial charge in [0.05, 0.1) is 16.3 Å². The van der Waals surface area contributed by atoms with Crippen molar-refractivity contribution in [2.75, 3.05) is 41.9 Å². The second-order valence-electron chi connectivity index (χ2n) is 8.13. The van der Waals surface area contributed by atoms with Crippen LogP contribution in [0.2, 0.25) is 0 Å². The van der Waals surface area contributed by atoms with Gasteiger partial charge in [0.25, 0.3) is 10.0 Å². The van der Waals surface area contributed by atoms with E-state index in [0.717, 1.165) is 5.56 Å². The number of sulfonamides is 1. The number of hydrogen-bond donors (Lipinski definition) is 0. The summed E-state index contributed by atoms with van der Waals surface area (Å²) in [6.45, 7) is 3.39. The molecule has 6 nitrogen and oxygen atoms in total. The third-order valence-corrected chi connectivity index (χ3v) is 7.85. The number of benzene rings is 3. The molecule has 3 aromatic carbocycles. The molecule has 1 aliphatic heterocycles. The molecule has 0 unspecified atom stereocenters. The van der Waals surface area contributed by atoms with Gasteiger partial charge in [0.1, 0.15) is 12.4 Å². The molecule has 1 amide bonds. The van der Waals surface area contributed by atoms with Gasteiger partial charge in [0, 0.05) is 26.2 Å². The molecule has 178 valence electrons. The van der Waals surface area contributed by atoms with Crippen molar-refractivity contribution in [1.82, 2.24) is 4.90 Å². The number of rotatable bonds is 7. The van der Waals surface area contributed by atoms with Crippen LogP contribution in [-0.4, -0.2) is 51.9 Å². The monoisotopic (exact) mass is 481 g/mol. The van der Waals surface area contributed by atoms with Gasteiger partial charge in [-0.15, -0.1) is 0 Å². The molecule has 34 heavy (non-hydrogen) atoms. The largest absolute Gasteiger partial charge is 0.366 e. The lowest BCUT2D eigenvalue weighted by molar-refractivity contribution is -0.129. The van der Waals surface area contributed by atoms with E-state index >= 15 is 0 Å². The van der Waals surface area contributed by atoms with Crippen molar-refractivity contribution in [2.45, 2.75) is 18.2 Å². The fourth-order valence-corrected chi connectivity index (χ4v) is 5.67. The Kier molecular flexibility index (Phi) is 7.17. The zero-order valence-electron chi connectivity index (χ0n) is 19.1. The molecule has 0 bridgehead atoms. The number of nitrogens with zero attached hydrogens (tertiary/aromatic N) is 3. The van der Waals surface area contributed by atoms with Gasteiger partial charge in [0.15, 0.2) is 0 Å². The lowest BCUT2D eigenvalue weighted by Gasteiger charge is -2.37. The first kappa shape index (κ1) is 23.8. The minimum Gasteiger partial charge on any atom is -0.366 e. The van der Waals surface area contributed by atoms with Crippen molar-refractivity contribution < 1.29 is 17.6 Å². The van der Waals surface area contributed by atoms with Gasteiger partial charge >= 0.3 is 0 Å². The molecule has 3 aromatic rings. The van der Waals surface area contributed by atoms with Crippen LogP contribution in [-0.2, 0) is 21.2 Å². The van der Waals surface area contributed by atoms with Crippen molar-refractivity contribution >= 4 is 27.3 Å². The number of amides is 1. The standard InChI is InChI=1S/C26H28FN3O3S/c1-2-21-10-6-8-14-24(21)30(34(32,33)22-11-4-3-5-12-22)20-26(31)29-18-16-28(17-19-29)25-15-9-7-13-23(25)27/h3-15H,2,16-20H2,1H3. The molecule has 1 aliphatic rings. The second kappa shape index (κ2) is 10.3. The molecule has 0 saturated carbocycles. The Hall–Kier alpha value is -3.39. The van der Waals surface area contributed by atoms with E-state index in [1.54, 1.807) is 53.4 Å². The van der Waals surface area contributed by atoms with E-state index in [1.807, 2.05) is 24.0 Å². The molecular weight excluding hydrogens is 453 g/mol. The zero-order chi connectivity index (χ0) is 24.1. The summed E-state index contributed by atoms with van der Waals surface area (Å²) in [4.78, 5) is 17.0. The fourth-order valence-electron chi connectivity index (χ4n) is 4.20. The Morgan fingerprint density at radius 2 is 1.50 bits per heavy atom. The average molecular weight is 482 g/mol. The number of carbonyl (C=O) groups excluding carboxylic acids is 1. The highest BCUT2D eigenvalue weighted by atomic mass is 32.2. The Labute approximate surface area is 200 Å². The van der Waals surface area contributed by atoms with Crippen molar-refractivity contribution in [3.63, 3.8) is 0 Å². The van der Waals surface area contributed by atoms with Gasteiger partial charge in [-0.1, -0.05) is 55.5 Å². The van der Waals surface area contributed by atoms with E-state index in [1.165, 1.54) is 22.5 Å². The molecule has 0 aromatic heterocycles. The van der Waals surface area contributed by atoms with Gasteiger partial charge in [-0.05, 0) is 42.3 Å². The maximum Gasteiger partial charge on any atom is 0.264 e. The summed E-state index contributed by atoms with van der Waals surface area (Å²) in [7, 11) is -3.95. The minimum atomic E-state index is -3.95. The van der Waals surface area contributed by atoms with E-state index < -0.39 is 10.0 Å². The lowest BCUT2D eigenvalue weighted by Crippen LogP contribution is -2.52. The summed E-state index contributed by atoms with van der Waals surface area (Å²) in [6.07, 6.45) is 0.631. The Balaban J connectivity index is 1.56. The predicted octanol–water partition coefficient (Wildman–Crippen LogP) is 3.93. The van der Waals surface area contributed by atoms with Crippen molar-refractivity contribution in [1.29, 1.82) is 0 Å². The first-order chi connectivity index (χ1) is 16.4. The smallest absolute Gasteiger partial charge is 0.264 e. The fraction of sp³-hybridized carbons (Fsp3) is 0.269. The summed E-state index contributed by atoms with van der Waals surface area (Å²) in [6, 6.07) is 22.0. The number of aryl methyl sites for hydroxylation is 1. The summed E-state index contributed by atoms with van der Waals surface area (Å²) in [5, 5.41) is 0. The third-order valence-electron chi connectivity index (χ3n) is 6.08. The molecule has 1 fully saturated rings. The number of halogens is 1. The van der Waals surface area contributed by atoms with Gasteiger partial charge < -0.3 is 9.80 Å². The van der Waals surface area contributed by atoms with Crippen molar-refractivity contribution in [3.05, 3.63) is 90.2 Å².